The average molecular weight is 243 g/mol. The highest BCUT2D eigenvalue weighted by Gasteiger charge is 2.15. The fourth-order valence-electron chi connectivity index (χ4n) is 1.20. The number of nitrogens with zero attached hydrogens (tertiary/aromatic N) is 1. The summed E-state index contributed by atoms with van der Waals surface area (Å²) in [6.07, 6.45) is -2.02. The summed E-state index contributed by atoms with van der Waals surface area (Å²) < 4.78 is 14.7. The van der Waals surface area contributed by atoms with Crippen LogP contribution in [-0.2, 0) is 11.3 Å². The van der Waals surface area contributed by atoms with Crippen molar-refractivity contribution >= 4 is 0 Å². The fourth-order valence-corrected chi connectivity index (χ4v) is 1.20. The number of nitro groups is 1. The zero-order chi connectivity index (χ0) is 12.8. The molecule has 1 unspecified atom stereocenters. The highest BCUT2D eigenvalue weighted by molar-refractivity contribution is 5.42. The van der Waals surface area contributed by atoms with Crippen LogP contribution in [-0.4, -0.2) is 30.7 Å². The van der Waals surface area contributed by atoms with Crippen LogP contribution in [0.15, 0.2) is 18.2 Å². The third-order valence-corrected chi connectivity index (χ3v) is 2.03. The number of benzene rings is 1. The Labute approximate surface area is 97.7 Å². The van der Waals surface area contributed by atoms with Crippen molar-refractivity contribution in [3.05, 3.63) is 33.9 Å². The van der Waals surface area contributed by atoms with Crippen molar-refractivity contribution in [3.8, 4) is 11.5 Å². The zero-order valence-corrected chi connectivity index (χ0v) is 9.45. The number of methoxy groups -OCH3 is 2. The van der Waals surface area contributed by atoms with Crippen molar-refractivity contribution in [2.45, 2.75) is 13.0 Å². The van der Waals surface area contributed by atoms with Gasteiger partial charge in [-0.2, -0.15) is 0 Å². The minimum absolute atomic E-state index is 0.0947. The Morgan fingerprint density at radius 3 is 2.53 bits per heavy atom. The van der Waals surface area contributed by atoms with Gasteiger partial charge in [0, 0.05) is 0 Å². The minimum atomic E-state index is -2.02. The SMILES string of the molecule is COc1ccc(COC(O)[N+](=O)[O-])cc1OC. The van der Waals surface area contributed by atoms with Gasteiger partial charge in [-0.25, -0.2) is 0 Å². The first-order valence-electron chi connectivity index (χ1n) is 4.72. The van der Waals surface area contributed by atoms with E-state index in [1.807, 2.05) is 0 Å². The van der Waals surface area contributed by atoms with Crippen LogP contribution in [0.1, 0.15) is 5.56 Å². The first-order valence-corrected chi connectivity index (χ1v) is 4.72. The summed E-state index contributed by atoms with van der Waals surface area (Å²) >= 11 is 0. The Balaban J connectivity index is 2.69. The molecule has 0 heterocycles. The van der Waals surface area contributed by atoms with Crippen LogP contribution in [0, 0.1) is 10.1 Å². The number of hydrogen-bond donors (Lipinski definition) is 1. The molecule has 94 valence electrons. The lowest BCUT2D eigenvalue weighted by atomic mass is 10.2. The van der Waals surface area contributed by atoms with Gasteiger partial charge in [0.15, 0.2) is 11.5 Å². The molecule has 1 atom stereocenters. The number of hydrogen-bond acceptors (Lipinski definition) is 6. The van der Waals surface area contributed by atoms with Crippen LogP contribution in [0.2, 0.25) is 0 Å². The number of aliphatic hydroxyl groups is 1. The second kappa shape index (κ2) is 6.02. The summed E-state index contributed by atoms with van der Waals surface area (Å²) in [5.74, 6) is 1.04. The summed E-state index contributed by atoms with van der Waals surface area (Å²) in [7, 11) is 2.98. The molecule has 1 N–H and O–H groups in total. The van der Waals surface area contributed by atoms with Gasteiger partial charge in [-0.1, -0.05) is 6.07 Å². The molecule has 0 aliphatic carbocycles. The smallest absolute Gasteiger partial charge is 0.430 e. The number of ether oxygens (including phenoxy) is 3. The van der Waals surface area contributed by atoms with Crippen molar-refractivity contribution in [1.29, 1.82) is 0 Å². The molecule has 1 rings (SSSR count). The highest BCUT2D eigenvalue weighted by atomic mass is 16.7. The van der Waals surface area contributed by atoms with E-state index in [1.54, 1.807) is 18.2 Å². The number of rotatable bonds is 6. The topological polar surface area (TPSA) is 91.1 Å². The lowest BCUT2D eigenvalue weighted by Gasteiger charge is -2.09. The number of aliphatic hydroxyl groups excluding tert-OH is 1. The summed E-state index contributed by atoms with van der Waals surface area (Å²) in [4.78, 5) is 9.20. The van der Waals surface area contributed by atoms with E-state index in [4.69, 9.17) is 14.6 Å². The molecule has 17 heavy (non-hydrogen) atoms. The molecule has 0 fully saturated rings. The second-order valence-electron chi connectivity index (χ2n) is 3.11. The third kappa shape index (κ3) is 3.58. The van der Waals surface area contributed by atoms with E-state index in [0.717, 1.165) is 0 Å². The maximum absolute atomic E-state index is 10.1. The van der Waals surface area contributed by atoms with E-state index < -0.39 is 11.3 Å². The van der Waals surface area contributed by atoms with Crippen LogP contribution in [0.5, 0.6) is 11.5 Å². The van der Waals surface area contributed by atoms with Gasteiger partial charge in [0.2, 0.25) is 0 Å². The second-order valence-corrected chi connectivity index (χ2v) is 3.11. The van der Waals surface area contributed by atoms with E-state index in [9.17, 15) is 10.1 Å². The van der Waals surface area contributed by atoms with Gasteiger partial charge in [-0.15, -0.1) is 0 Å². The van der Waals surface area contributed by atoms with Crippen LogP contribution >= 0.6 is 0 Å². The highest BCUT2D eigenvalue weighted by Crippen LogP contribution is 2.27. The maximum atomic E-state index is 10.1. The van der Waals surface area contributed by atoms with Gasteiger partial charge < -0.3 is 14.6 Å². The molecule has 0 aliphatic heterocycles. The van der Waals surface area contributed by atoms with E-state index in [1.165, 1.54) is 14.2 Å². The van der Waals surface area contributed by atoms with Crippen LogP contribution < -0.4 is 9.47 Å². The van der Waals surface area contributed by atoms with Gasteiger partial charge >= 0.3 is 6.41 Å². The molecule has 0 spiro atoms. The molecule has 0 saturated carbocycles. The van der Waals surface area contributed by atoms with Gasteiger partial charge in [0.05, 0.1) is 25.7 Å². The quantitative estimate of drug-likeness (QED) is 0.451. The summed E-state index contributed by atoms with van der Waals surface area (Å²) in [5, 5.41) is 19.0. The summed E-state index contributed by atoms with van der Waals surface area (Å²) in [5.41, 5.74) is 0.628. The molecule has 0 radical (unpaired) electrons. The predicted octanol–water partition coefficient (Wildman–Crippen LogP) is 0.773. The lowest BCUT2D eigenvalue weighted by molar-refractivity contribution is -0.629. The largest absolute Gasteiger partial charge is 0.493 e. The molecular weight excluding hydrogens is 230 g/mol. The van der Waals surface area contributed by atoms with Crippen molar-refractivity contribution in [2.75, 3.05) is 14.2 Å². The maximum Gasteiger partial charge on any atom is 0.430 e. The van der Waals surface area contributed by atoms with Gasteiger partial charge in [-0.3, -0.25) is 14.9 Å². The summed E-state index contributed by atoms with van der Waals surface area (Å²) in [6.45, 7) is -0.0947. The molecule has 1 aromatic carbocycles. The average Bonchev–Trinajstić information content (AvgIpc) is 2.35. The predicted molar refractivity (Wildman–Crippen MR) is 57.3 cm³/mol. The fraction of sp³-hybridized carbons (Fsp3) is 0.400. The third-order valence-electron chi connectivity index (χ3n) is 2.03. The lowest BCUT2D eigenvalue weighted by Crippen LogP contribution is -2.21. The van der Waals surface area contributed by atoms with Crippen molar-refractivity contribution in [2.24, 2.45) is 0 Å². The molecule has 0 bridgehead atoms. The van der Waals surface area contributed by atoms with Crippen LogP contribution in [0.3, 0.4) is 0 Å². The summed E-state index contributed by atoms with van der Waals surface area (Å²) in [6, 6.07) is 4.93. The molecule has 0 aromatic heterocycles. The molecule has 7 heteroatoms. The molecule has 0 amide bonds. The zero-order valence-electron chi connectivity index (χ0n) is 9.45. The molecule has 0 aliphatic rings. The Hall–Kier alpha value is -1.86. The van der Waals surface area contributed by atoms with Crippen molar-refractivity contribution in [3.63, 3.8) is 0 Å². The Bertz CT molecular complexity index is 394. The van der Waals surface area contributed by atoms with Crippen LogP contribution in [0.25, 0.3) is 0 Å². The minimum Gasteiger partial charge on any atom is -0.493 e. The Morgan fingerprint density at radius 1 is 1.35 bits per heavy atom. The molecule has 1 aromatic rings. The van der Waals surface area contributed by atoms with Gasteiger partial charge in [0.25, 0.3) is 0 Å². The van der Waals surface area contributed by atoms with E-state index in [2.05, 4.69) is 4.74 Å². The Kier molecular flexibility index (Phi) is 4.68. The van der Waals surface area contributed by atoms with Crippen molar-refractivity contribution in [1.82, 2.24) is 0 Å². The van der Waals surface area contributed by atoms with E-state index in [-0.39, 0.29) is 6.61 Å². The first kappa shape index (κ1) is 13.2. The normalized spacial score (nSPS) is 11.9. The molecule has 7 nitrogen and oxygen atoms in total. The van der Waals surface area contributed by atoms with Gasteiger partial charge in [-0.05, 0) is 17.7 Å². The monoisotopic (exact) mass is 243 g/mol. The molecule has 0 saturated heterocycles. The van der Waals surface area contributed by atoms with Gasteiger partial charge in [0.1, 0.15) is 0 Å². The van der Waals surface area contributed by atoms with E-state index >= 15 is 0 Å². The standard InChI is InChI=1S/C10H13NO6/c1-15-8-4-3-7(5-9(8)16-2)6-17-10(12)11(13)14/h3-5,10,12H,6H2,1-2H3. The van der Waals surface area contributed by atoms with Crippen molar-refractivity contribution < 1.29 is 24.2 Å². The first-order chi connectivity index (χ1) is 8.08. The Morgan fingerprint density at radius 2 is 2.00 bits per heavy atom. The van der Waals surface area contributed by atoms with E-state index in [0.29, 0.717) is 17.1 Å². The molecular formula is C10H13NO6. The van der Waals surface area contributed by atoms with Crippen LogP contribution in [0.4, 0.5) is 0 Å².